The van der Waals surface area contributed by atoms with Crippen molar-refractivity contribution in [3.8, 4) is 0 Å². The number of oxime groups is 1. The van der Waals surface area contributed by atoms with Gasteiger partial charge < -0.3 is 5.11 Å². The van der Waals surface area contributed by atoms with Crippen LogP contribution in [0.4, 0.5) is 0 Å². The molecule has 2 unspecified atom stereocenters. The molecule has 0 aliphatic heterocycles. The van der Waals surface area contributed by atoms with Crippen LogP contribution >= 0.6 is 0 Å². The Morgan fingerprint density at radius 1 is 1.19 bits per heavy atom. The summed E-state index contributed by atoms with van der Waals surface area (Å²) in [5.41, 5.74) is 2.31. The summed E-state index contributed by atoms with van der Waals surface area (Å²) in [6, 6.07) is 15.9. The lowest BCUT2D eigenvalue weighted by atomic mass is 9.90. The molecular weight excluding hydrogens is 350 g/mol. The lowest BCUT2D eigenvalue weighted by molar-refractivity contribution is 0.182. The van der Waals surface area contributed by atoms with Gasteiger partial charge in [0.05, 0.1) is 11.8 Å². The maximum absolute atomic E-state index is 12.3. The topological polar surface area (TPSA) is 76.0 Å². The summed E-state index contributed by atoms with van der Waals surface area (Å²) >= 11 is 0. The van der Waals surface area contributed by atoms with E-state index in [1.54, 1.807) is 19.1 Å². The van der Waals surface area contributed by atoms with Crippen molar-refractivity contribution in [1.82, 2.24) is 0 Å². The monoisotopic (exact) mass is 373 g/mol. The fraction of sp³-hybridized carbons (Fsp3) is 0.250. The molecule has 0 heterocycles. The summed E-state index contributed by atoms with van der Waals surface area (Å²) < 4.78 is 29.4. The van der Waals surface area contributed by atoms with Crippen molar-refractivity contribution in [3.63, 3.8) is 0 Å². The Hall–Kier alpha value is -2.44. The average Bonchev–Trinajstić information content (AvgIpc) is 2.65. The van der Waals surface area contributed by atoms with Crippen molar-refractivity contribution >= 4 is 15.8 Å². The first kappa shape index (κ1) is 19.9. The van der Waals surface area contributed by atoms with Gasteiger partial charge in [-0.3, -0.25) is 4.28 Å². The van der Waals surface area contributed by atoms with Crippen LogP contribution in [0.5, 0.6) is 0 Å². The van der Waals surface area contributed by atoms with E-state index in [0.717, 1.165) is 11.1 Å². The largest absolute Gasteiger partial charge is 0.388 e. The summed E-state index contributed by atoms with van der Waals surface area (Å²) in [7, 11) is -4.01. The van der Waals surface area contributed by atoms with E-state index in [4.69, 9.17) is 4.28 Å². The summed E-state index contributed by atoms with van der Waals surface area (Å²) in [6.45, 7) is 7.10. The first-order chi connectivity index (χ1) is 12.3. The summed E-state index contributed by atoms with van der Waals surface area (Å²) in [5.74, 6) is -0.442. The minimum atomic E-state index is -4.01. The van der Waals surface area contributed by atoms with Gasteiger partial charge >= 0.3 is 10.1 Å². The maximum atomic E-state index is 12.3. The minimum Gasteiger partial charge on any atom is -0.388 e. The molecule has 5 nitrogen and oxygen atoms in total. The van der Waals surface area contributed by atoms with Gasteiger partial charge in [-0.25, -0.2) is 0 Å². The van der Waals surface area contributed by atoms with Crippen LogP contribution in [0.3, 0.4) is 0 Å². The van der Waals surface area contributed by atoms with Gasteiger partial charge in [-0.05, 0) is 38.0 Å². The van der Waals surface area contributed by atoms with E-state index in [1.807, 2.05) is 37.3 Å². The molecule has 0 spiro atoms. The Balaban J connectivity index is 2.20. The standard InChI is InChI=1S/C20H23NO4S/c1-4-20(22)19(14-17-8-6-5-7-9-17)16(3)21-25-26(23,24)18-12-10-15(2)11-13-18/h4-13,19-20,22H,1,14H2,2-3H3. The zero-order valence-electron chi connectivity index (χ0n) is 14.9. The first-order valence-corrected chi connectivity index (χ1v) is 9.63. The van der Waals surface area contributed by atoms with Gasteiger partial charge in [0.1, 0.15) is 4.90 Å². The number of hydrogen-bond donors (Lipinski definition) is 1. The third kappa shape index (κ3) is 5.28. The molecule has 0 aliphatic carbocycles. The predicted octanol–water partition coefficient (Wildman–Crippen LogP) is 3.48. The average molecular weight is 373 g/mol. The predicted molar refractivity (Wildman–Crippen MR) is 102 cm³/mol. The number of aliphatic hydroxyl groups is 1. The second-order valence-electron chi connectivity index (χ2n) is 6.10. The second kappa shape index (κ2) is 8.78. The number of aryl methyl sites for hydroxylation is 1. The van der Waals surface area contributed by atoms with Crippen molar-refractivity contribution in [1.29, 1.82) is 0 Å². The molecule has 0 saturated heterocycles. The Morgan fingerprint density at radius 2 is 1.81 bits per heavy atom. The Kier molecular flexibility index (Phi) is 6.71. The molecule has 0 amide bonds. The first-order valence-electron chi connectivity index (χ1n) is 8.23. The Bertz CT molecular complexity index is 858. The third-order valence-corrected chi connectivity index (χ3v) is 5.20. The van der Waals surface area contributed by atoms with Crippen LogP contribution in [0, 0.1) is 12.8 Å². The molecule has 0 saturated carbocycles. The highest BCUT2D eigenvalue weighted by molar-refractivity contribution is 7.86. The molecule has 0 bridgehead atoms. The van der Waals surface area contributed by atoms with E-state index in [0.29, 0.717) is 12.1 Å². The van der Waals surface area contributed by atoms with E-state index in [1.165, 1.54) is 18.2 Å². The number of hydrogen-bond acceptors (Lipinski definition) is 5. The van der Waals surface area contributed by atoms with Crippen LogP contribution in [0.1, 0.15) is 18.1 Å². The van der Waals surface area contributed by atoms with Crippen molar-refractivity contribution in [3.05, 3.63) is 78.4 Å². The molecule has 2 aromatic carbocycles. The van der Waals surface area contributed by atoms with Crippen LogP contribution < -0.4 is 0 Å². The van der Waals surface area contributed by atoms with Crippen molar-refractivity contribution in [2.45, 2.75) is 31.3 Å². The van der Waals surface area contributed by atoms with Gasteiger partial charge in [0.25, 0.3) is 0 Å². The van der Waals surface area contributed by atoms with Gasteiger partial charge in [0.2, 0.25) is 0 Å². The Labute approximate surface area is 154 Å². The van der Waals surface area contributed by atoms with E-state index in [9.17, 15) is 13.5 Å². The quantitative estimate of drug-likeness (QED) is 0.437. The molecule has 0 aliphatic rings. The smallest absolute Gasteiger partial charge is 0.358 e. The highest BCUT2D eigenvalue weighted by atomic mass is 32.2. The zero-order chi connectivity index (χ0) is 19.2. The third-order valence-electron chi connectivity index (χ3n) is 4.08. The van der Waals surface area contributed by atoms with Gasteiger partial charge in [-0.2, -0.15) is 8.42 Å². The van der Waals surface area contributed by atoms with Gasteiger partial charge in [-0.1, -0.05) is 59.3 Å². The summed E-state index contributed by atoms with van der Waals surface area (Å²) in [4.78, 5) is 0.0310. The lowest BCUT2D eigenvalue weighted by Gasteiger charge is -2.20. The van der Waals surface area contributed by atoms with Crippen LogP contribution in [0.25, 0.3) is 0 Å². The highest BCUT2D eigenvalue weighted by Crippen LogP contribution is 2.18. The van der Waals surface area contributed by atoms with E-state index < -0.39 is 22.1 Å². The Morgan fingerprint density at radius 3 is 2.38 bits per heavy atom. The number of benzene rings is 2. The van der Waals surface area contributed by atoms with Gasteiger partial charge in [0.15, 0.2) is 0 Å². The van der Waals surface area contributed by atoms with Gasteiger partial charge in [0, 0.05) is 5.92 Å². The van der Waals surface area contributed by atoms with Crippen LogP contribution in [0.2, 0.25) is 0 Å². The molecule has 0 radical (unpaired) electrons. The number of rotatable bonds is 8. The van der Waals surface area contributed by atoms with Crippen molar-refractivity contribution < 1.29 is 17.8 Å². The van der Waals surface area contributed by atoms with Crippen molar-refractivity contribution in [2.24, 2.45) is 11.1 Å². The zero-order valence-corrected chi connectivity index (χ0v) is 15.7. The van der Waals surface area contributed by atoms with E-state index in [-0.39, 0.29) is 4.90 Å². The lowest BCUT2D eigenvalue weighted by Crippen LogP contribution is -2.27. The molecule has 1 N–H and O–H groups in total. The molecular formula is C20H23NO4S. The molecule has 0 aromatic heterocycles. The normalized spacial score (nSPS) is 14.5. The molecule has 2 rings (SSSR count). The van der Waals surface area contributed by atoms with Crippen molar-refractivity contribution in [2.75, 3.05) is 0 Å². The fourth-order valence-electron chi connectivity index (χ4n) is 2.47. The molecule has 0 fully saturated rings. The van der Waals surface area contributed by atoms with Crippen LogP contribution in [-0.2, 0) is 20.8 Å². The molecule has 2 aromatic rings. The van der Waals surface area contributed by atoms with Crippen LogP contribution in [-0.4, -0.2) is 25.3 Å². The second-order valence-corrected chi connectivity index (χ2v) is 7.63. The fourth-order valence-corrected chi connectivity index (χ4v) is 3.24. The number of nitrogens with zero attached hydrogens (tertiary/aromatic N) is 1. The summed E-state index contributed by atoms with van der Waals surface area (Å²) in [6.07, 6.45) is 1.02. The van der Waals surface area contributed by atoms with E-state index in [2.05, 4.69) is 11.7 Å². The molecule has 26 heavy (non-hydrogen) atoms. The maximum Gasteiger partial charge on any atom is 0.358 e. The van der Waals surface area contributed by atoms with E-state index >= 15 is 0 Å². The molecule has 6 heteroatoms. The SMILES string of the molecule is C=CC(O)C(Cc1ccccc1)C(C)=NOS(=O)(=O)c1ccc(C)cc1. The molecule has 2 atom stereocenters. The minimum absolute atomic E-state index is 0.0310. The van der Waals surface area contributed by atoms with Crippen LogP contribution in [0.15, 0.2) is 77.3 Å². The van der Waals surface area contributed by atoms with Gasteiger partial charge in [-0.15, -0.1) is 6.58 Å². The summed E-state index contributed by atoms with van der Waals surface area (Å²) in [5, 5.41) is 14.0. The highest BCUT2D eigenvalue weighted by Gasteiger charge is 2.22. The molecule has 138 valence electrons. The number of aliphatic hydroxyl groups excluding tert-OH is 1.